The largest absolute Gasteiger partial charge is 0.493 e. The van der Waals surface area contributed by atoms with Crippen LogP contribution < -0.4 is 10.1 Å². The summed E-state index contributed by atoms with van der Waals surface area (Å²) in [5.74, 6) is 1.07. The molecule has 176 valence electrons. The number of fused-ring (bicyclic) bond motifs is 1. The number of H-pyrrole nitrogens is 1. The molecule has 4 aromatic rings. The third kappa shape index (κ3) is 4.83. The lowest BCUT2D eigenvalue weighted by Gasteiger charge is -2.23. The fraction of sp³-hybridized carbons (Fsp3) is 0.240. The second kappa shape index (κ2) is 10.5. The van der Waals surface area contributed by atoms with Crippen molar-refractivity contribution in [1.29, 1.82) is 0 Å². The predicted molar refractivity (Wildman–Crippen MR) is 133 cm³/mol. The molecule has 0 saturated heterocycles. The standard InChI is InChI=1S/C25H26ClN5O3/c1-3-34-22-12-17(7-8-20(22)16-5-4-6-19(26)11-16)25(33)31(9-10-32)15-18-13-28-24(27-2)21-14-29-30-23(18)21/h4-8,11-14,32H,3,9-10,15H2,1-2H3,(H,27,28)(H,29,30). The number of nitrogens with zero attached hydrogens (tertiary/aromatic N) is 3. The van der Waals surface area contributed by atoms with E-state index in [0.29, 0.717) is 28.8 Å². The van der Waals surface area contributed by atoms with E-state index in [4.69, 9.17) is 16.3 Å². The van der Waals surface area contributed by atoms with E-state index in [0.717, 1.165) is 27.6 Å². The highest BCUT2D eigenvalue weighted by Crippen LogP contribution is 2.33. The van der Waals surface area contributed by atoms with Crippen LogP contribution in [-0.4, -0.2) is 57.9 Å². The number of aliphatic hydroxyl groups excluding tert-OH is 1. The molecule has 0 unspecified atom stereocenters. The highest BCUT2D eigenvalue weighted by atomic mass is 35.5. The van der Waals surface area contributed by atoms with E-state index in [-0.39, 0.29) is 25.6 Å². The average Bonchev–Trinajstić information content (AvgIpc) is 3.34. The average molecular weight is 480 g/mol. The normalized spacial score (nSPS) is 10.9. The Labute approximate surface area is 202 Å². The Balaban J connectivity index is 1.67. The molecule has 2 heterocycles. The summed E-state index contributed by atoms with van der Waals surface area (Å²) in [5.41, 5.74) is 3.80. The monoisotopic (exact) mass is 479 g/mol. The van der Waals surface area contributed by atoms with Gasteiger partial charge in [-0.15, -0.1) is 0 Å². The summed E-state index contributed by atoms with van der Waals surface area (Å²) in [6.45, 7) is 2.61. The van der Waals surface area contributed by atoms with Crippen molar-refractivity contribution in [1.82, 2.24) is 20.1 Å². The maximum Gasteiger partial charge on any atom is 0.254 e. The van der Waals surface area contributed by atoms with Crippen molar-refractivity contribution in [2.24, 2.45) is 0 Å². The first kappa shape index (κ1) is 23.5. The Hall–Kier alpha value is -3.62. The molecule has 4 rings (SSSR count). The third-order valence-corrected chi connectivity index (χ3v) is 5.72. The zero-order chi connectivity index (χ0) is 24.1. The minimum absolute atomic E-state index is 0.168. The number of pyridine rings is 1. The maximum atomic E-state index is 13.5. The van der Waals surface area contributed by atoms with Crippen LogP contribution in [0.25, 0.3) is 22.0 Å². The van der Waals surface area contributed by atoms with Gasteiger partial charge in [0.1, 0.15) is 11.6 Å². The predicted octanol–water partition coefficient (Wildman–Crippen LogP) is 4.35. The van der Waals surface area contributed by atoms with Crippen molar-refractivity contribution < 1.29 is 14.6 Å². The minimum Gasteiger partial charge on any atom is -0.493 e. The Morgan fingerprint density at radius 2 is 2.09 bits per heavy atom. The highest BCUT2D eigenvalue weighted by Gasteiger charge is 2.20. The van der Waals surface area contributed by atoms with Crippen LogP contribution >= 0.6 is 11.6 Å². The number of aliphatic hydroxyl groups is 1. The van der Waals surface area contributed by atoms with Crippen molar-refractivity contribution in [3.8, 4) is 16.9 Å². The van der Waals surface area contributed by atoms with Crippen LogP contribution in [-0.2, 0) is 6.54 Å². The van der Waals surface area contributed by atoms with Gasteiger partial charge in [-0.25, -0.2) is 4.98 Å². The summed E-state index contributed by atoms with van der Waals surface area (Å²) in [6, 6.07) is 12.8. The number of carbonyl (C=O) groups excluding carboxylic acids is 1. The number of halogens is 1. The van der Waals surface area contributed by atoms with Crippen molar-refractivity contribution in [3.63, 3.8) is 0 Å². The summed E-state index contributed by atoms with van der Waals surface area (Å²) < 4.78 is 5.86. The molecule has 0 radical (unpaired) electrons. The Bertz CT molecular complexity index is 1310. The van der Waals surface area contributed by atoms with Gasteiger partial charge in [0.15, 0.2) is 0 Å². The van der Waals surface area contributed by atoms with E-state index in [2.05, 4.69) is 20.5 Å². The molecule has 2 aromatic heterocycles. The number of rotatable bonds is 9. The molecule has 0 aliphatic heterocycles. The van der Waals surface area contributed by atoms with Gasteiger partial charge >= 0.3 is 0 Å². The van der Waals surface area contributed by atoms with Gasteiger partial charge in [-0.2, -0.15) is 5.10 Å². The molecule has 34 heavy (non-hydrogen) atoms. The molecule has 0 fully saturated rings. The van der Waals surface area contributed by atoms with Gasteiger partial charge in [-0.05, 0) is 42.8 Å². The van der Waals surface area contributed by atoms with E-state index in [1.807, 2.05) is 37.3 Å². The van der Waals surface area contributed by atoms with E-state index in [9.17, 15) is 9.90 Å². The number of ether oxygens (including phenoxy) is 1. The number of hydrogen-bond acceptors (Lipinski definition) is 6. The molecule has 0 aliphatic rings. The van der Waals surface area contributed by atoms with Gasteiger partial charge in [0.2, 0.25) is 0 Å². The lowest BCUT2D eigenvalue weighted by Crippen LogP contribution is -2.33. The van der Waals surface area contributed by atoms with Crippen LogP contribution in [0, 0.1) is 0 Å². The Kier molecular flexibility index (Phi) is 7.30. The van der Waals surface area contributed by atoms with E-state index in [1.165, 1.54) is 0 Å². The SMILES string of the molecule is CCOc1cc(C(=O)N(CCO)Cc2cnc(NC)c3cn[nH]c23)ccc1-c1cccc(Cl)c1. The summed E-state index contributed by atoms with van der Waals surface area (Å²) in [7, 11) is 1.79. The second-order valence-corrected chi connectivity index (χ2v) is 8.08. The zero-order valence-electron chi connectivity index (χ0n) is 19.0. The van der Waals surface area contributed by atoms with Gasteiger partial charge in [-0.1, -0.05) is 23.7 Å². The van der Waals surface area contributed by atoms with Gasteiger partial charge in [0.25, 0.3) is 5.91 Å². The Morgan fingerprint density at radius 3 is 2.82 bits per heavy atom. The van der Waals surface area contributed by atoms with Crippen LogP contribution in [0.1, 0.15) is 22.8 Å². The molecule has 0 aliphatic carbocycles. The summed E-state index contributed by atoms with van der Waals surface area (Å²) in [6.07, 6.45) is 3.40. The molecule has 0 spiro atoms. The molecule has 0 saturated carbocycles. The fourth-order valence-electron chi connectivity index (χ4n) is 3.89. The molecular formula is C25H26ClN5O3. The molecule has 2 aromatic carbocycles. The van der Waals surface area contributed by atoms with Crippen molar-refractivity contribution in [2.75, 3.05) is 32.1 Å². The smallest absolute Gasteiger partial charge is 0.254 e. The van der Waals surface area contributed by atoms with Gasteiger partial charge in [0.05, 0.1) is 30.3 Å². The van der Waals surface area contributed by atoms with Crippen LogP contribution in [0.3, 0.4) is 0 Å². The quantitative estimate of drug-likeness (QED) is 0.329. The number of carbonyl (C=O) groups is 1. The number of hydrogen-bond donors (Lipinski definition) is 3. The summed E-state index contributed by atoms with van der Waals surface area (Å²) >= 11 is 6.17. The first-order valence-corrected chi connectivity index (χ1v) is 11.3. The maximum absolute atomic E-state index is 13.5. The molecule has 1 amide bonds. The third-order valence-electron chi connectivity index (χ3n) is 5.48. The number of benzene rings is 2. The second-order valence-electron chi connectivity index (χ2n) is 7.65. The van der Waals surface area contributed by atoms with Crippen molar-refractivity contribution in [3.05, 3.63) is 71.0 Å². The van der Waals surface area contributed by atoms with Crippen molar-refractivity contribution in [2.45, 2.75) is 13.5 Å². The van der Waals surface area contributed by atoms with E-state index in [1.54, 1.807) is 36.5 Å². The van der Waals surface area contributed by atoms with Crippen molar-refractivity contribution >= 4 is 34.2 Å². The van der Waals surface area contributed by atoms with E-state index >= 15 is 0 Å². The molecule has 8 nitrogen and oxygen atoms in total. The van der Waals surface area contributed by atoms with Crippen LogP contribution in [0.4, 0.5) is 5.82 Å². The van der Waals surface area contributed by atoms with Gasteiger partial charge in [0, 0.05) is 48.0 Å². The topological polar surface area (TPSA) is 103 Å². The van der Waals surface area contributed by atoms with Gasteiger partial charge < -0.3 is 20.1 Å². The summed E-state index contributed by atoms with van der Waals surface area (Å²) in [4.78, 5) is 19.5. The molecule has 3 N–H and O–H groups in total. The van der Waals surface area contributed by atoms with Crippen LogP contribution in [0.5, 0.6) is 5.75 Å². The molecule has 0 bridgehead atoms. The lowest BCUT2D eigenvalue weighted by molar-refractivity contribution is 0.0708. The van der Waals surface area contributed by atoms with Gasteiger partial charge in [-0.3, -0.25) is 9.89 Å². The number of nitrogens with one attached hydrogen (secondary N) is 2. The van der Waals surface area contributed by atoms with Crippen LogP contribution in [0.15, 0.2) is 54.9 Å². The highest BCUT2D eigenvalue weighted by molar-refractivity contribution is 6.30. The van der Waals surface area contributed by atoms with E-state index < -0.39 is 0 Å². The summed E-state index contributed by atoms with van der Waals surface area (Å²) in [5, 5.41) is 21.2. The first-order chi connectivity index (χ1) is 16.5. The molecule has 0 atom stereocenters. The molecular weight excluding hydrogens is 454 g/mol. The lowest BCUT2D eigenvalue weighted by atomic mass is 10.0. The number of amides is 1. The molecule has 9 heteroatoms. The number of aromatic nitrogens is 3. The number of anilines is 1. The minimum atomic E-state index is -0.224. The Morgan fingerprint density at radius 1 is 1.24 bits per heavy atom. The zero-order valence-corrected chi connectivity index (χ0v) is 19.8. The van der Waals surface area contributed by atoms with Crippen LogP contribution in [0.2, 0.25) is 5.02 Å². The number of aromatic amines is 1. The fourth-order valence-corrected chi connectivity index (χ4v) is 4.08. The first-order valence-electron chi connectivity index (χ1n) is 11.0.